The van der Waals surface area contributed by atoms with Crippen molar-refractivity contribution in [3.8, 4) is 0 Å². The van der Waals surface area contributed by atoms with Gasteiger partial charge >= 0.3 is 0 Å². The van der Waals surface area contributed by atoms with Crippen molar-refractivity contribution < 1.29 is 0 Å². The molecule has 1 fully saturated rings. The Morgan fingerprint density at radius 3 is 3.11 bits per heavy atom. The topological polar surface area (TPSA) is 20.5 Å². The first-order chi connectivity index (χ1) is 8.72. The Hall–Kier alpha value is -0.740. The molecular weight excluding hydrogens is 266 g/mol. The van der Waals surface area contributed by atoms with Crippen LogP contribution in [0, 0.1) is 5.92 Å². The zero-order chi connectivity index (χ0) is 12.7. The number of halogens is 1. The molecule has 3 heterocycles. The number of hydrogen-bond donors (Lipinski definition) is 0. The van der Waals surface area contributed by atoms with E-state index in [2.05, 4.69) is 34.7 Å². The van der Waals surface area contributed by atoms with E-state index in [-0.39, 0.29) is 0 Å². The van der Waals surface area contributed by atoms with Gasteiger partial charge in [-0.2, -0.15) is 0 Å². The second-order valence-corrected chi connectivity index (χ2v) is 6.36. The first kappa shape index (κ1) is 12.3. The van der Waals surface area contributed by atoms with Crippen LogP contribution in [0.2, 0.25) is 0 Å². The number of nitrogens with zero attached hydrogens (tertiary/aromatic N) is 3. The van der Waals surface area contributed by atoms with E-state index in [1.165, 1.54) is 12.8 Å². The van der Waals surface area contributed by atoms with E-state index in [1.807, 2.05) is 0 Å². The van der Waals surface area contributed by atoms with Crippen LogP contribution < -0.4 is 4.90 Å². The lowest BCUT2D eigenvalue weighted by Gasteiger charge is -2.28. The minimum Gasteiger partial charge on any atom is -0.352 e. The van der Waals surface area contributed by atoms with Crippen molar-refractivity contribution in [1.82, 2.24) is 9.38 Å². The standard InChI is InChI=1S/C13H18ClN3S/c1-9(2)10-4-3-5-16(10)12-11(8-14)17-6-7-18-13(17)15-12/h6-7,9-10H,3-5,8H2,1-2H3. The third kappa shape index (κ3) is 1.82. The van der Waals surface area contributed by atoms with Crippen molar-refractivity contribution >= 4 is 33.7 Å². The quantitative estimate of drug-likeness (QED) is 0.800. The largest absolute Gasteiger partial charge is 0.352 e. The summed E-state index contributed by atoms with van der Waals surface area (Å²) in [4.78, 5) is 8.29. The SMILES string of the molecule is CC(C)C1CCCN1c1nc2sccn2c1CCl. The molecule has 1 aliphatic rings. The van der Waals surface area contributed by atoms with E-state index in [4.69, 9.17) is 16.6 Å². The van der Waals surface area contributed by atoms with Gasteiger partial charge in [0.25, 0.3) is 0 Å². The van der Waals surface area contributed by atoms with E-state index in [1.54, 1.807) is 11.3 Å². The summed E-state index contributed by atoms with van der Waals surface area (Å²) in [6.07, 6.45) is 4.59. The molecule has 1 aliphatic heterocycles. The molecule has 0 amide bonds. The number of thiazole rings is 1. The number of fused-ring (bicyclic) bond motifs is 1. The number of rotatable bonds is 3. The highest BCUT2D eigenvalue weighted by atomic mass is 35.5. The van der Waals surface area contributed by atoms with Gasteiger partial charge in [0, 0.05) is 24.2 Å². The van der Waals surface area contributed by atoms with Crippen molar-refractivity contribution in [3.63, 3.8) is 0 Å². The molecule has 0 N–H and O–H groups in total. The van der Waals surface area contributed by atoms with Crippen molar-refractivity contribution in [2.75, 3.05) is 11.4 Å². The van der Waals surface area contributed by atoms with E-state index < -0.39 is 0 Å². The van der Waals surface area contributed by atoms with Crippen molar-refractivity contribution in [3.05, 3.63) is 17.3 Å². The molecule has 5 heteroatoms. The van der Waals surface area contributed by atoms with Crippen LogP contribution in [0.4, 0.5) is 5.82 Å². The predicted molar refractivity (Wildman–Crippen MR) is 77.8 cm³/mol. The Bertz CT molecular complexity index is 545. The maximum atomic E-state index is 6.13. The fraction of sp³-hybridized carbons (Fsp3) is 0.615. The number of aromatic nitrogens is 2. The zero-order valence-electron chi connectivity index (χ0n) is 10.8. The molecule has 1 unspecified atom stereocenters. The van der Waals surface area contributed by atoms with E-state index in [0.29, 0.717) is 17.8 Å². The molecule has 1 saturated heterocycles. The maximum absolute atomic E-state index is 6.13. The zero-order valence-corrected chi connectivity index (χ0v) is 12.3. The average molecular weight is 284 g/mol. The Kier molecular flexibility index (Phi) is 3.24. The van der Waals surface area contributed by atoms with E-state index in [9.17, 15) is 0 Å². The molecule has 18 heavy (non-hydrogen) atoms. The van der Waals surface area contributed by atoms with Crippen LogP contribution in [0.15, 0.2) is 11.6 Å². The molecule has 0 radical (unpaired) electrons. The van der Waals surface area contributed by atoms with Gasteiger partial charge in [-0.15, -0.1) is 22.9 Å². The summed E-state index contributed by atoms with van der Waals surface area (Å²) in [5.41, 5.74) is 1.14. The van der Waals surface area contributed by atoms with Crippen LogP contribution in [0.25, 0.3) is 4.96 Å². The molecule has 0 aromatic carbocycles. The molecule has 0 aliphatic carbocycles. The van der Waals surface area contributed by atoms with Gasteiger partial charge in [0.1, 0.15) is 0 Å². The number of anilines is 1. The lowest BCUT2D eigenvalue weighted by Crippen LogP contribution is -2.34. The van der Waals surface area contributed by atoms with Gasteiger partial charge in [-0.25, -0.2) is 4.98 Å². The fourth-order valence-electron chi connectivity index (χ4n) is 2.92. The van der Waals surface area contributed by atoms with Gasteiger partial charge < -0.3 is 4.90 Å². The number of alkyl halides is 1. The van der Waals surface area contributed by atoms with Gasteiger partial charge in [-0.1, -0.05) is 13.8 Å². The molecular formula is C13H18ClN3S. The molecule has 3 rings (SSSR count). The number of imidazole rings is 1. The Labute approximate surface area is 116 Å². The fourth-order valence-corrected chi connectivity index (χ4v) is 3.90. The van der Waals surface area contributed by atoms with Crippen molar-refractivity contribution in [2.45, 2.75) is 38.6 Å². The van der Waals surface area contributed by atoms with Gasteiger partial charge in [0.15, 0.2) is 10.8 Å². The lowest BCUT2D eigenvalue weighted by atomic mass is 10.0. The highest BCUT2D eigenvalue weighted by Gasteiger charge is 2.31. The van der Waals surface area contributed by atoms with E-state index >= 15 is 0 Å². The molecule has 1 atom stereocenters. The highest BCUT2D eigenvalue weighted by Crippen LogP contribution is 2.33. The average Bonchev–Trinajstić information content (AvgIpc) is 3.02. The van der Waals surface area contributed by atoms with Crippen LogP contribution in [0.5, 0.6) is 0 Å². The van der Waals surface area contributed by atoms with Crippen LogP contribution >= 0.6 is 22.9 Å². The Morgan fingerprint density at radius 1 is 1.56 bits per heavy atom. The molecule has 0 saturated carbocycles. The molecule has 2 aromatic rings. The molecule has 98 valence electrons. The Morgan fingerprint density at radius 2 is 2.39 bits per heavy atom. The minimum absolute atomic E-state index is 0.522. The maximum Gasteiger partial charge on any atom is 0.195 e. The molecule has 0 spiro atoms. The minimum atomic E-state index is 0.522. The lowest BCUT2D eigenvalue weighted by molar-refractivity contribution is 0.489. The Balaban J connectivity index is 2.05. The monoisotopic (exact) mass is 283 g/mol. The highest BCUT2D eigenvalue weighted by molar-refractivity contribution is 7.15. The summed E-state index contributed by atoms with van der Waals surface area (Å²) in [5, 5.41) is 2.06. The van der Waals surface area contributed by atoms with Crippen LogP contribution in [0.1, 0.15) is 32.4 Å². The molecule has 3 nitrogen and oxygen atoms in total. The van der Waals surface area contributed by atoms with Gasteiger partial charge in [0.2, 0.25) is 0 Å². The second-order valence-electron chi connectivity index (χ2n) is 5.22. The predicted octanol–water partition coefficient (Wildman–Crippen LogP) is 3.76. The van der Waals surface area contributed by atoms with Gasteiger partial charge in [-0.3, -0.25) is 4.40 Å². The summed E-state index contributed by atoms with van der Waals surface area (Å²) in [6, 6.07) is 0.608. The van der Waals surface area contributed by atoms with Gasteiger partial charge in [-0.05, 0) is 18.8 Å². The third-order valence-electron chi connectivity index (χ3n) is 3.81. The first-order valence-electron chi connectivity index (χ1n) is 6.49. The summed E-state index contributed by atoms with van der Waals surface area (Å²) >= 11 is 7.80. The van der Waals surface area contributed by atoms with Crippen LogP contribution in [-0.2, 0) is 5.88 Å². The van der Waals surface area contributed by atoms with E-state index in [0.717, 1.165) is 23.0 Å². The van der Waals surface area contributed by atoms with Crippen molar-refractivity contribution in [1.29, 1.82) is 0 Å². The third-order valence-corrected chi connectivity index (χ3v) is 4.82. The molecule has 2 aromatic heterocycles. The normalized spacial score (nSPS) is 20.4. The number of hydrogen-bond acceptors (Lipinski definition) is 3. The van der Waals surface area contributed by atoms with Crippen molar-refractivity contribution in [2.24, 2.45) is 5.92 Å². The van der Waals surface area contributed by atoms with Crippen LogP contribution in [0.3, 0.4) is 0 Å². The summed E-state index contributed by atoms with van der Waals surface area (Å²) in [6.45, 7) is 5.70. The van der Waals surface area contributed by atoms with Crippen LogP contribution in [-0.4, -0.2) is 22.0 Å². The van der Waals surface area contributed by atoms with Gasteiger partial charge in [0.05, 0.1) is 11.6 Å². The first-order valence-corrected chi connectivity index (χ1v) is 7.91. The summed E-state index contributed by atoms with van der Waals surface area (Å²) in [7, 11) is 0. The molecule has 0 bridgehead atoms. The smallest absolute Gasteiger partial charge is 0.195 e. The summed E-state index contributed by atoms with van der Waals surface area (Å²) in [5.74, 6) is 2.29. The second kappa shape index (κ2) is 4.74. The summed E-state index contributed by atoms with van der Waals surface area (Å²) < 4.78 is 2.13.